The van der Waals surface area contributed by atoms with Crippen molar-refractivity contribution in [2.24, 2.45) is 0 Å². The predicted molar refractivity (Wildman–Crippen MR) is 77.2 cm³/mol. The number of rotatable bonds is 4. The van der Waals surface area contributed by atoms with Gasteiger partial charge in [-0.1, -0.05) is 6.92 Å². The first kappa shape index (κ1) is 13.4. The molecule has 6 nitrogen and oxygen atoms in total. The number of oxazole rings is 1. The van der Waals surface area contributed by atoms with Gasteiger partial charge in [0.2, 0.25) is 5.89 Å². The first-order valence-corrected chi connectivity index (χ1v) is 6.83. The molecular formula is C15H15N3O3. The number of aromatic nitrogens is 3. The smallest absolute Gasteiger partial charge is 0.335 e. The van der Waals surface area contributed by atoms with Crippen molar-refractivity contribution in [1.29, 1.82) is 0 Å². The van der Waals surface area contributed by atoms with Crippen molar-refractivity contribution in [3.05, 3.63) is 35.5 Å². The van der Waals surface area contributed by atoms with E-state index in [1.165, 1.54) is 12.1 Å². The maximum atomic E-state index is 11.0. The third kappa shape index (κ3) is 2.29. The standard InChI is InChI=1S/C15H15N3O3/c1-3-10-8-12(18(4-2)17-10)14-16-11-6-5-9(15(19)20)7-13(11)21-14/h5-8H,3-4H2,1-2H3,(H,19,20). The molecule has 0 atom stereocenters. The van der Waals surface area contributed by atoms with Crippen LogP contribution in [0.5, 0.6) is 0 Å². The van der Waals surface area contributed by atoms with Crippen LogP contribution in [0.4, 0.5) is 0 Å². The number of carboxylic acid groups (broad SMARTS) is 1. The van der Waals surface area contributed by atoms with E-state index >= 15 is 0 Å². The summed E-state index contributed by atoms with van der Waals surface area (Å²) in [6.07, 6.45) is 0.837. The maximum absolute atomic E-state index is 11.0. The van der Waals surface area contributed by atoms with Crippen molar-refractivity contribution in [1.82, 2.24) is 14.8 Å². The van der Waals surface area contributed by atoms with Gasteiger partial charge in [0, 0.05) is 6.54 Å². The second-order valence-electron chi connectivity index (χ2n) is 4.70. The number of benzene rings is 1. The first-order chi connectivity index (χ1) is 10.1. The molecule has 2 aromatic heterocycles. The zero-order chi connectivity index (χ0) is 15.0. The molecule has 3 rings (SSSR count). The zero-order valence-electron chi connectivity index (χ0n) is 11.8. The van der Waals surface area contributed by atoms with Gasteiger partial charge in [0.1, 0.15) is 11.2 Å². The largest absolute Gasteiger partial charge is 0.478 e. The van der Waals surface area contributed by atoms with E-state index in [0.29, 0.717) is 23.5 Å². The first-order valence-electron chi connectivity index (χ1n) is 6.83. The van der Waals surface area contributed by atoms with Crippen LogP contribution in [0.3, 0.4) is 0 Å². The van der Waals surface area contributed by atoms with Gasteiger partial charge in [-0.15, -0.1) is 0 Å². The van der Waals surface area contributed by atoms with Crippen LogP contribution >= 0.6 is 0 Å². The van der Waals surface area contributed by atoms with E-state index in [2.05, 4.69) is 10.1 Å². The Balaban J connectivity index is 2.12. The van der Waals surface area contributed by atoms with Gasteiger partial charge in [0.15, 0.2) is 5.58 Å². The van der Waals surface area contributed by atoms with Crippen LogP contribution < -0.4 is 0 Å². The Labute approximate surface area is 121 Å². The molecule has 0 unspecified atom stereocenters. The van der Waals surface area contributed by atoms with E-state index < -0.39 is 5.97 Å². The number of aromatic carboxylic acids is 1. The fraction of sp³-hybridized carbons (Fsp3) is 0.267. The third-order valence-electron chi connectivity index (χ3n) is 3.35. The van der Waals surface area contributed by atoms with Gasteiger partial charge in [0.25, 0.3) is 0 Å². The molecule has 0 fully saturated rings. The summed E-state index contributed by atoms with van der Waals surface area (Å²) < 4.78 is 7.54. The number of hydrogen-bond acceptors (Lipinski definition) is 4. The van der Waals surface area contributed by atoms with Gasteiger partial charge < -0.3 is 9.52 Å². The molecule has 0 aliphatic carbocycles. The van der Waals surface area contributed by atoms with E-state index in [9.17, 15) is 4.79 Å². The molecular weight excluding hydrogens is 270 g/mol. The molecule has 3 aromatic rings. The monoisotopic (exact) mass is 285 g/mol. The van der Waals surface area contributed by atoms with Crippen LogP contribution in [-0.2, 0) is 13.0 Å². The minimum Gasteiger partial charge on any atom is -0.478 e. The molecule has 0 saturated heterocycles. The van der Waals surface area contributed by atoms with Crippen LogP contribution in [-0.4, -0.2) is 25.8 Å². The van der Waals surface area contributed by atoms with Gasteiger partial charge in [-0.05, 0) is 37.6 Å². The molecule has 0 aliphatic heterocycles. The molecule has 1 aromatic carbocycles. The van der Waals surface area contributed by atoms with E-state index in [4.69, 9.17) is 9.52 Å². The molecule has 0 bridgehead atoms. The van der Waals surface area contributed by atoms with Crippen LogP contribution in [0.2, 0.25) is 0 Å². The number of aryl methyl sites for hydroxylation is 2. The van der Waals surface area contributed by atoms with Gasteiger partial charge in [0.05, 0.1) is 11.3 Å². The number of carboxylic acids is 1. The fourth-order valence-electron chi connectivity index (χ4n) is 2.22. The quantitative estimate of drug-likeness (QED) is 0.797. The summed E-state index contributed by atoms with van der Waals surface area (Å²) >= 11 is 0. The number of carbonyl (C=O) groups is 1. The third-order valence-corrected chi connectivity index (χ3v) is 3.35. The Bertz CT molecular complexity index is 817. The Kier molecular flexibility index (Phi) is 3.21. The molecule has 0 saturated carbocycles. The van der Waals surface area contributed by atoms with Gasteiger partial charge in [-0.2, -0.15) is 5.10 Å². The van der Waals surface area contributed by atoms with E-state index in [0.717, 1.165) is 17.8 Å². The van der Waals surface area contributed by atoms with Crippen LogP contribution in [0.25, 0.3) is 22.7 Å². The van der Waals surface area contributed by atoms with Gasteiger partial charge in [-0.25, -0.2) is 9.78 Å². The van der Waals surface area contributed by atoms with Crippen molar-refractivity contribution in [3.63, 3.8) is 0 Å². The predicted octanol–water partition coefficient (Wildman–Crippen LogP) is 2.97. The summed E-state index contributed by atoms with van der Waals surface area (Å²) in [4.78, 5) is 15.4. The lowest BCUT2D eigenvalue weighted by Crippen LogP contribution is -1.99. The Morgan fingerprint density at radius 1 is 1.33 bits per heavy atom. The van der Waals surface area contributed by atoms with Crippen molar-refractivity contribution < 1.29 is 14.3 Å². The molecule has 2 heterocycles. The Morgan fingerprint density at radius 3 is 2.81 bits per heavy atom. The van der Waals surface area contributed by atoms with Crippen molar-refractivity contribution >= 4 is 17.1 Å². The lowest BCUT2D eigenvalue weighted by atomic mass is 10.2. The van der Waals surface area contributed by atoms with Crippen molar-refractivity contribution in [3.8, 4) is 11.6 Å². The molecule has 1 N–H and O–H groups in total. The summed E-state index contributed by atoms with van der Waals surface area (Å²) in [5.41, 5.74) is 3.06. The molecule has 0 spiro atoms. The van der Waals surface area contributed by atoms with Gasteiger partial charge >= 0.3 is 5.97 Å². The van der Waals surface area contributed by atoms with Crippen LogP contribution in [0.1, 0.15) is 29.9 Å². The summed E-state index contributed by atoms with van der Waals surface area (Å²) in [5.74, 6) is -0.525. The van der Waals surface area contributed by atoms with Crippen LogP contribution in [0, 0.1) is 0 Å². The van der Waals surface area contributed by atoms with E-state index in [1.807, 2.05) is 24.6 Å². The average Bonchev–Trinajstić information content (AvgIpc) is 3.09. The summed E-state index contributed by atoms with van der Waals surface area (Å²) in [7, 11) is 0. The zero-order valence-corrected chi connectivity index (χ0v) is 11.8. The summed E-state index contributed by atoms with van der Waals surface area (Å²) in [6, 6.07) is 6.61. The highest BCUT2D eigenvalue weighted by molar-refractivity contribution is 5.92. The summed E-state index contributed by atoms with van der Waals surface area (Å²) in [5, 5.41) is 13.5. The van der Waals surface area contributed by atoms with Crippen LogP contribution in [0.15, 0.2) is 28.7 Å². The second-order valence-corrected chi connectivity index (χ2v) is 4.70. The maximum Gasteiger partial charge on any atom is 0.335 e. The van der Waals surface area contributed by atoms with E-state index in [1.54, 1.807) is 6.07 Å². The molecule has 0 amide bonds. The Hall–Kier alpha value is -2.63. The minimum absolute atomic E-state index is 0.184. The lowest BCUT2D eigenvalue weighted by Gasteiger charge is -1.98. The molecule has 108 valence electrons. The molecule has 6 heteroatoms. The highest BCUT2D eigenvalue weighted by Crippen LogP contribution is 2.26. The highest BCUT2D eigenvalue weighted by atomic mass is 16.4. The van der Waals surface area contributed by atoms with Crippen molar-refractivity contribution in [2.45, 2.75) is 26.8 Å². The highest BCUT2D eigenvalue weighted by Gasteiger charge is 2.15. The average molecular weight is 285 g/mol. The topological polar surface area (TPSA) is 81.1 Å². The SMILES string of the molecule is CCc1cc(-c2nc3ccc(C(=O)O)cc3o2)n(CC)n1. The number of fused-ring (bicyclic) bond motifs is 1. The molecule has 0 radical (unpaired) electrons. The number of hydrogen-bond donors (Lipinski definition) is 1. The normalized spacial score (nSPS) is 11.1. The molecule has 0 aliphatic rings. The number of nitrogens with zero attached hydrogens (tertiary/aromatic N) is 3. The van der Waals surface area contributed by atoms with Crippen molar-refractivity contribution in [2.75, 3.05) is 0 Å². The Morgan fingerprint density at radius 2 is 2.14 bits per heavy atom. The fourth-order valence-corrected chi connectivity index (χ4v) is 2.22. The van der Waals surface area contributed by atoms with E-state index in [-0.39, 0.29) is 5.56 Å². The lowest BCUT2D eigenvalue weighted by molar-refractivity contribution is 0.0697. The molecule has 21 heavy (non-hydrogen) atoms. The van der Waals surface area contributed by atoms with Gasteiger partial charge in [-0.3, -0.25) is 4.68 Å². The second kappa shape index (κ2) is 5.05. The minimum atomic E-state index is -0.985. The summed E-state index contributed by atoms with van der Waals surface area (Å²) in [6.45, 7) is 4.76.